The first-order valence-corrected chi connectivity index (χ1v) is 7.24. The van der Waals surface area contributed by atoms with Crippen molar-refractivity contribution in [2.24, 2.45) is 0 Å². The number of ether oxygens (including phenoxy) is 1. The van der Waals surface area contributed by atoms with Crippen molar-refractivity contribution in [3.8, 4) is 5.75 Å². The Morgan fingerprint density at radius 2 is 1.96 bits per heavy atom. The highest BCUT2D eigenvalue weighted by Gasteiger charge is 2.26. The Bertz CT molecular complexity index is 728. The summed E-state index contributed by atoms with van der Waals surface area (Å²) in [4.78, 5) is 25.7. The molecule has 0 radical (unpaired) electrons. The number of carbonyl (C=O) groups excluding carboxylic acids is 2. The molecule has 1 heterocycles. The van der Waals surface area contributed by atoms with Gasteiger partial charge >= 0.3 is 0 Å². The molecule has 3 rings (SSSR count). The van der Waals surface area contributed by atoms with E-state index < -0.39 is 0 Å². The van der Waals surface area contributed by atoms with E-state index in [9.17, 15) is 9.59 Å². The summed E-state index contributed by atoms with van der Waals surface area (Å²) >= 11 is 0. The summed E-state index contributed by atoms with van der Waals surface area (Å²) in [6.45, 7) is 0.133. The lowest BCUT2D eigenvalue weighted by atomic mass is 10.2. The van der Waals surface area contributed by atoms with Crippen LogP contribution >= 0.6 is 0 Å². The maximum atomic E-state index is 12.5. The molecule has 0 spiro atoms. The van der Waals surface area contributed by atoms with E-state index in [4.69, 9.17) is 4.74 Å². The monoisotopic (exact) mass is 311 g/mol. The Labute approximate surface area is 134 Å². The number of hydrogen-bond donors (Lipinski definition) is 2. The second kappa shape index (κ2) is 6.39. The normalized spacial score (nSPS) is 13.1. The molecule has 0 bridgehead atoms. The number of fused-ring (bicyclic) bond motifs is 1. The molecule has 0 atom stereocenters. The predicted octanol–water partition coefficient (Wildman–Crippen LogP) is 2.09. The van der Waals surface area contributed by atoms with Crippen LogP contribution in [0.5, 0.6) is 5.75 Å². The highest BCUT2D eigenvalue weighted by molar-refractivity contribution is 6.10. The van der Waals surface area contributed by atoms with Gasteiger partial charge in [-0.1, -0.05) is 12.1 Å². The van der Waals surface area contributed by atoms with Gasteiger partial charge in [-0.05, 0) is 36.4 Å². The minimum Gasteiger partial charge on any atom is -0.497 e. The number of carbonyl (C=O) groups is 2. The first kappa shape index (κ1) is 14.9. The van der Waals surface area contributed by atoms with E-state index in [2.05, 4.69) is 10.6 Å². The highest BCUT2D eigenvalue weighted by Crippen LogP contribution is 2.28. The maximum absolute atomic E-state index is 12.5. The summed E-state index contributed by atoms with van der Waals surface area (Å²) in [7, 11) is 1.60. The summed E-state index contributed by atoms with van der Waals surface area (Å²) in [5, 5.41) is 5.82. The summed E-state index contributed by atoms with van der Waals surface area (Å²) in [6, 6.07) is 14.6. The van der Waals surface area contributed by atoms with Gasteiger partial charge in [0.1, 0.15) is 12.3 Å². The summed E-state index contributed by atoms with van der Waals surface area (Å²) in [5.74, 6) is 0.396. The van der Waals surface area contributed by atoms with E-state index in [1.165, 1.54) is 4.90 Å². The smallest absolute Gasteiger partial charge is 0.246 e. The van der Waals surface area contributed by atoms with Crippen molar-refractivity contribution in [3.05, 3.63) is 48.5 Å². The van der Waals surface area contributed by atoms with Crippen molar-refractivity contribution in [3.63, 3.8) is 0 Å². The molecule has 2 aromatic carbocycles. The Morgan fingerprint density at radius 1 is 1.22 bits per heavy atom. The largest absolute Gasteiger partial charge is 0.497 e. The Morgan fingerprint density at radius 3 is 2.70 bits per heavy atom. The standard InChI is InChI=1S/C17H17N3O3/c1-23-13-8-6-12(7-9-13)18-10-17(22)20-11-16(21)19-14-4-2-3-5-15(14)20/h2-9,18H,10-11H2,1H3,(H,19,21). The lowest BCUT2D eigenvalue weighted by Crippen LogP contribution is -2.44. The van der Waals surface area contributed by atoms with Crippen LogP contribution in [0.4, 0.5) is 17.1 Å². The first-order chi connectivity index (χ1) is 11.2. The summed E-state index contributed by atoms with van der Waals surface area (Å²) < 4.78 is 5.09. The molecular weight excluding hydrogens is 294 g/mol. The van der Waals surface area contributed by atoms with E-state index in [0.29, 0.717) is 11.4 Å². The van der Waals surface area contributed by atoms with Crippen molar-refractivity contribution in [1.29, 1.82) is 0 Å². The van der Waals surface area contributed by atoms with Gasteiger partial charge in [-0.25, -0.2) is 0 Å². The summed E-state index contributed by atoms with van der Waals surface area (Å²) in [6.07, 6.45) is 0. The van der Waals surface area contributed by atoms with Gasteiger partial charge in [0.25, 0.3) is 0 Å². The molecule has 1 aliphatic heterocycles. The average molecular weight is 311 g/mol. The Balaban J connectivity index is 1.69. The Kier molecular flexibility index (Phi) is 4.14. The quantitative estimate of drug-likeness (QED) is 0.907. The minimum atomic E-state index is -0.193. The molecule has 6 heteroatoms. The number of anilines is 3. The van der Waals surface area contributed by atoms with Gasteiger partial charge in [0.05, 0.1) is 25.0 Å². The van der Waals surface area contributed by atoms with Crippen LogP contribution in [0.15, 0.2) is 48.5 Å². The van der Waals surface area contributed by atoms with Gasteiger partial charge in [0.2, 0.25) is 11.8 Å². The second-order valence-corrected chi connectivity index (χ2v) is 5.13. The molecule has 0 saturated carbocycles. The third-order valence-corrected chi connectivity index (χ3v) is 3.61. The van der Waals surface area contributed by atoms with E-state index in [-0.39, 0.29) is 24.9 Å². The number of para-hydroxylation sites is 2. The van der Waals surface area contributed by atoms with Crippen LogP contribution in [0, 0.1) is 0 Å². The highest BCUT2D eigenvalue weighted by atomic mass is 16.5. The number of hydrogen-bond acceptors (Lipinski definition) is 4. The van der Waals surface area contributed by atoms with Gasteiger partial charge in [-0.15, -0.1) is 0 Å². The molecule has 23 heavy (non-hydrogen) atoms. The molecule has 2 aromatic rings. The molecular formula is C17H17N3O3. The molecule has 0 fully saturated rings. The lowest BCUT2D eigenvalue weighted by Gasteiger charge is -2.29. The van der Waals surface area contributed by atoms with Crippen molar-refractivity contribution >= 4 is 28.9 Å². The third kappa shape index (κ3) is 3.26. The molecule has 2 N–H and O–H groups in total. The second-order valence-electron chi connectivity index (χ2n) is 5.13. The van der Waals surface area contributed by atoms with Crippen molar-refractivity contribution in [1.82, 2.24) is 0 Å². The zero-order chi connectivity index (χ0) is 16.2. The molecule has 0 aromatic heterocycles. The Hall–Kier alpha value is -3.02. The molecule has 118 valence electrons. The average Bonchev–Trinajstić information content (AvgIpc) is 2.59. The van der Waals surface area contributed by atoms with Crippen LogP contribution in [-0.2, 0) is 9.59 Å². The van der Waals surface area contributed by atoms with Crippen molar-refractivity contribution in [2.45, 2.75) is 0 Å². The van der Waals surface area contributed by atoms with Crippen molar-refractivity contribution in [2.75, 3.05) is 35.7 Å². The van der Waals surface area contributed by atoms with E-state index >= 15 is 0 Å². The van der Waals surface area contributed by atoms with E-state index in [1.54, 1.807) is 13.2 Å². The van der Waals surface area contributed by atoms with Gasteiger partial charge < -0.3 is 15.4 Å². The van der Waals surface area contributed by atoms with Gasteiger partial charge in [0.15, 0.2) is 0 Å². The lowest BCUT2D eigenvalue weighted by molar-refractivity contribution is -0.120. The maximum Gasteiger partial charge on any atom is 0.246 e. The van der Waals surface area contributed by atoms with Crippen LogP contribution in [0.1, 0.15) is 0 Å². The van der Waals surface area contributed by atoms with Crippen LogP contribution < -0.4 is 20.3 Å². The van der Waals surface area contributed by atoms with Gasteiger partial charge in [-0.3, -0.25) is 14.5 Å². The first-order valence-electron chi connectivity index (χ1n) is 7.24. The third-order valence-electron chi connectivity index (χ3n) is 3.61. The molecule has 2 amide bonds. The van der Waals surface area contributed by atoms with E-state index in [1.807, 2.05) is 42.5 Å². The fraction of sp³-hybridized carbons (Fsp3) is 0.176. The number of amides is 2. The predicted molar refractivity (Wildman–Crippen MR) is 88.9 cm³/mol. The molecule has 0 saturated heterocycles. The topological polar surface area (TPSA) is 70.7 Å². The fourth-order valence-corrected chi connectivity index (χ4v) is 2.44. The number of nitrogens with zero attached hydrogens (tertiary/aromatic N) is 1. The number of rotatable bonds is 4. The molecule has 6 nitrogen and oxygen atoms in total. The van der Waals surface area contributed by atoms with Gasteiger partial charge in [0, 0.05) is 5.69 Å². The van der Waals surface area contributed by atoms with Crippen LogP contribution in [-0.4, -0.2) is 32.0 Å². The zero-order valence-corrected chi connectivity index (χ0v) is 12.7. The zero-order valence-electron chi connectivity index (χ0n) is 12.7. The SMILES string of the molecule is COc1ccc(NCC(=O)N2CC(=O)Nc3ccccc32)cc1. The van der Waals surface area contributed by atoms with Crippen LogP contribution in [0.2, 0.25) is 0 Å². The van der Waals surface area contributed by atoms with Crippen LogP contribution in [0.25, 0.3) is 0 Å². The minimum absolute atomic E-state index is 0.0279. The number of methoxy groups -OCH3 is 1. The van der Waals surface area contributed by atoms with Crippen LogP contribution in [0.3, 0.4) is 0 Å². The molecule has 1 aliphatic rings. The van der Waals surface area contributed by atoms with Crippen molar-refractivity contribution < 1.29 is 14.3 Å². The summed E-state index contributed by atoms with van der Waals surface area (Å²) in [5.41, 5.74) is 2.18. The van der Waals surface area contributed by atoms with Gasteiger partial charge in [-0.2, -0.15) is 0 Å². The van der Waals surface area contributed by atoms with E-state index in [0.717, 1.165) is 11.4 Å². The number of nitrogens with one attached hydrogen (secondary N) is 2. The fourth-order valence-electron chi connectivity index (χ4n) is 2.44. The number of benzene rings is 2. The molecule has 0 aliphatic carbocycles. The molecule has 0 unspecified atom stereocenters.